The Labute approximate surface area is 116 Å². The van der Waals surface area contributed by atoms with E-state index in [4.69, 9.17) is 9.63 Å². The lowest BCUT2D eigenvalue weighted by Gasteiger charge is -1.92. The van der Waals surface area contributed by atoms with Gasteiger partial charge in [0.05, 0.1) is 17.7 Å². The van der Waals surface area contributed by atoms with Crippen molar-refractivity contribution in [3.8, 4) is 11.5 Å². The molecule has 3 heterocycles. The number of hydrogen-bond acceptors (Lipinski definition) is 7. The highest BCUT2D eigenvalue weighted by Gasteiger charge is 2.11. The van der Waals surface area contributed by atoms with E-state index in [0.717, 1.165) is 5.56 Å². The first-order chi connectivity index (χ1) is 9.70. The standard InChI is InChI=1S/C11H9N5O3S/c17-10(18)3-8-4-16(15-13-8)5-9-12-11(19-14-9)7-1-2-20-6-7/h1-2,4,6H,3,5H2,(H,17,18). The smallest absolute Gasteiger partial charge is 0.309 e. The van der Waals surface area contributed by atoms with E-state index in [1.165, 1.54) is 4.68 Å². The van der Waals surface area contributed by atoms with Crippen molar-refractivity contribution in [1.82, 2.24) is 25.1 Å². The topological polar surface area (TPSA) is 107 Å². The van der Waals surface area contributed by atoms with Crippen LogP contribution in [0.15, 0.2) is 27.5 Å². The zero-order valence-corrected chi connectivity index (χ0v) is 10.9. The minimum atomic E-state index is -0.948. The molecule has 0 atom stereocenters. The summed E-state index contributed by atoms with van der Waals surface area (Å²) in [6.07, 6.45) is 1.39. The Hall–Kier alpha value is -2.55. The van der Waals surface area contributed by atoms with Gasteiger partial charge in [0, 0.05) is 11.6 Å². The van der Waals surface area contributed by atoms with Crippen LogP contribution in [0.1, 0.15) is 11.5 Å². The van der Waals surface area contributed by atoms with Crippen molar-refractivity contribution in [2.24, 2.45) is 0 Å². The molecule has 0 aliphatic heterocycles. The molecule has 0 saturated heterocycles. The van der Waals surface area contributed by atoms with Gasteiger partial charge in [0.2, 0.25) is 0 Å². The number of carboxylic acid groups (broad SMARTS) is 1. The highest BCUT2D eigenvalue weighted by molar-refractivity contribution is 7.08. The van der Waals surface area contributed by atoms with Gasteiger partial charge >= 0.3 is 5.97 Å². The molecular formula is C11H9N5O3S. The van der Waals surface area contributed by atoms with Gasteiger partial charge in [-0.15, -0.1) is 5.10 Å². The molecule has 3 aromatic heterocycles. The second-order valence-electron chi connectivity index (χ2n) is 4.01. The number of rotatable bonds is 5. The molecule has 0 bridgehead atoms. The number of aromatic nitrogens is 5. The molecule has 8 nitrogen and oxygen atoms in total. The molecule has 9 heteroatoms. The molecule has 3 aromatic rings. The van der Waals surface area contributed by atoms with Crippen molar-refractivity contribution in [1.29, 1.82) is 0 Å². The number of carboxylic acids is 1. The van der Waals surface area contributed by atoms with E-state index in [-0.39, 0.29) is 13.0 Å². The lowest BCUT2D eigenvalue weighted by molar-refractivity contribution is -0.136. The lowest BCUT2D eigenvalue weighted by atomic mass is 10.3. The van der Waals surface area contributed by atoms with E-state index in [0.29, 0.717) is 17.4 Å². The third-order valence-corrected chi connectivity index (χ3v) is 3.14. The van der Waals surface area contributed by atoms with E-state index < -0.39 is 5.97 Å². The summed E-state index contributed by atoms with van der Waals surface area (Å²) in [4.78, 5) is 14.8. The third-order valence-electron chi connectivity index (χ3n) is 2.46. The third kappa shape index (κ3) is 2.72. The van der Waals surface area contributed by atoms with Crippen LogP contribution in [-0.2, 0) is 17.8 Å². The van der Waals surface area contributed by atoms with Crippen molar-refractivity contribution in [3.05, 3.63) is 34.5 Å². The van der Waals surface area contributed by atoms with E-state index in [9.17, 15) is 4.79 Å². The van der Waals surface area contributed by atoms with Crippen LogP contribution >= 0.6 is 11.3 Å². The highest BCUT2D eigenvalue weighted by atomic mass is 32.1. The summed E-state index contributed by atoms with van der Waals surface area (Å²) in [6, 6.07) is 1.89. The molecule has 0 aliphatic carbocycles. The van der Waals surface area contributed by atoms with Crippen molar-refractivity contribution >= 4 is 17.3 Å². The van der Waals surface area contributed by atoms with Gasteiger partial charge in [0.15, 0.2) is 5.82 Å². The summed E-state index contributed by atoms with van der Waals surface area (Å²) < 4.78 is 6.62. The van der Waals surface area contributed by atoms with Gasteiger partial charge in [-0.2, -0.15) is 16.3 Å². The average Bonchev–Trinajstić information content (AvgIpc) is 3.09. The van der Waals surface area contributed by atoms with Crippen LogP contribution < -0.4 is 0 Å². The zero-order valence-electron chi connectivity index (χ0n) is 10.1. The first kappa shape index (κ1) is 12.5. The van der Waals surface area contributed by atoms with Crippen LogP contribution in [0.25, 0.3) is 11.5 Å². The van der Waals surface area contributed by atoms with E-state index >= 15 is 0 Å². The summed E-state index contributed by atoms with van der Waals surface area (Å²) in [5.74, 6) is -0.0403. The normalized spacial score (nSPS) is 10.8. The fourth-order valence-electron chi connectivity index (χ4n) is 1.62. The second-order valence-corrected chi connectivity index (χ2v) is 4.79. The molecule has 20 heavy (non-hydrogen) atoms. The molecule has 3 rings (SSSR count). The Balaban J connectivity index is 1.72. The molecule has 0 amide bonds. The van der Waals surface area contributed by atoms with Gasteiger partial charge < -0.3 is 9.63 Å². The minimum Gasteiger partial charge on any atom is -0.481 e. The van der Waals surface area contributed by atoms with Gasteiger partial charge in [-0.3, -0.25) is 4.79 Å². The molecule has 0 aliphatic rings. The SMILES string of the molecule is O=C(O)Cc1cn(Cc2noc(-c3ccsc3)n2)nn1. The summed E-state index contributed by atoms with van der Waals surface area (Å²) in [7, 11) is 0. The largest absolute Gasteiger partial charge is 0.481 e. The molecule has 102 valence electrons. The van der Waals surface area contributed by atoms with Crippen molar-refractivity contribution in [2.75, 3.05) is 0 Å². The quantitative estimate of drug-likeness (QED) is 0.749. The molecule has 1 N–H and O–H groups in total. The summed E-state index contributed by atoms with van der Waals surface area (Å²) in [6.45, 7) is 0.278. The Morgan fingerprint density at radius 3 is 3.15 bits per heavy atom. The van der Waals surface area contributed by atoms with Crippen LogP contribution in [0.2, 0.25) is 0 Å². The van der Waals surface area contributed by atoms with Crippen LogP contribution in [0, 0.1) is 0 Å². The Morgan fingerprint density at radius 2 is 2.40 bits per heavy atom. The first-order valence-electron chi connectivity index (χ1n) is 5.66. The maximum Gasteiger partial charge on any atom is 0.309 e. The average molecular weight is 291 g/mol. The Morgan fingerprint density at radius 1 is 1.50 bits per heavy atom. The zero-order chi connectivity index (χ0) is 13.9. The molecule has 0 radical (unpaired) electrons. The lowest BCUT2D eigenvalue weighted by Crippen LogP contribution is -2.02. The second kappa shape index (κ2) is 5.21. The summed E-state index contributed by atoms with van der Waals surface area (Å²) in [5.41, 5.74) is 1.26. The maximum atomic E-state index is 10.6. The fourth-order valence-corrected chi connectivity index (χ4v) is 2.25. The minimum absolute atomic E-state index is 0.160. The van der Waals surface area contributed by atoms with E-state index in [1.807, 2.05) is 16.8 Å². The highest BCUT2D eigenvalue weighted by Crippen LogP contribution is 2.19. The van der Waals surface area contributed by atoms with Crippen molar-refractivity contribution in [3.63, 3.8) is 0 Å². The molecule has 0 spiro atoms. The van der Waals surface area contributed by atoms with Gasteiger partial charge in [0.1, 0.15) is 6.54 Å². The number of carbonyl (C=O) groups is 1. The maximum absolute atomic E-state index is 10.6. The van der Waals surface area contributed by atoms with Gasteiger partial charge in [-0.25, -0.2) is 4.68 Å². The van der Waals surface area contributed by atoms with Crippen LogP contribution in [0.4, 0.5) is 0 Å². The Bertz CT molecular complexity index is 718. The summed E-state index contributed by atoms with van der Waals surface area (Å²) in [5, 5.41) is 23.9. The van der Waals surface area contributed by atoms with E-state index in [1.54, 1.807) is 17.5 Å². The predicted molar refractivity (Wildman–Crippen MR) is 68.1 cm³/mol. The molecular weight excluding hydrogens is 282 g/mol. The molecule has 0 aromatic carbocycles. The number of nitrogens with zero attached hydrogens (tertiary/aromatic N) is 5. The van der Waals surface area contributed by atoms with Crippen molar-refractivity contribution < 1.29 is 14.4 Å². The van der Waals surface area contributed by atoms with Gasteiger partial charge in [-0.05, 0) is 11.4 Å². The fraction of sp³-hybridized carbons (Fsp3) is 0.182. The number of thiophene rings is 1. The predicted octanol–water partition coefficient (Wildman–Crippen LogP) is 1.06. The Kier molecular flexibility index (Phi) is 3.25. The van der Waals surface area contributed by atoms with Crippen LogP contribution in [-0.4, -0.2) is 36.2 Å². The summed E-state index contributed by atoms with van der Waals surface area (Å²) >= 11 is 1.55. The van der Waals surface area contributed by atoms with Crippen LogP contribution in [0.5, 0.6) is 0 Å². The van der Waals surface area contributed by atoms with E-state index in [2.05, 4.69) is 20.5 Å². The molecule has 0 unspecified atom stereocenters. The monoisotopic (exact) mass is 291 g/mol. The number of aliphatic carboxylic acids is 1. The van der Waals surface area contributed by atoms with Gasteiger partial charge in [0.25, 0.3) is 5.89 Å². The molecule has 0 saturated carbocycles. The van der Waals surface area contributed by atoms with Gasteiger partial charge in [-0.1, -0.05) is 10.4 Å². The first-order valence-corrected chi connectivity index (χ1v) is 6.61. The number of hydrogen-bond donors (Lipinski definition) is 1. The van der Waals surface area contributed by atoms with Crippen LogP contribution in [0.3, 0.4) is 0 Å². The van der Waals surface area contributed by atoms with Crippen molar-refractivity contribution in [2.45, 2.75) is 13.0 Å². The molecule has 0 fully saturated rings.